The van der Waals surface area contributed by atoms with E-state index < -0.39 is 15.0 Å². The lowest BCUT2D eigenvalue weighted by Crippen LogP contribution is -2.38. The molecule has 0 aromatic carbocycles. The van der Waals surface area contributed by atoms with E-state index in [9.17, 15) is 13.2 Å². The summed E-state index contributed by atoms with van der Waals surface area (Å²) in [5, 5.41) is 6.59. The van der Waals surface area contributed by atoms with Crippen LogP contribution in [0.15, 0.2) is 4.90 Å². The molecule has 0 radical (unpaired) electrons. The van der Waals surface area contributed by atoms with E-state index in [4.69, 9.17) is 15.4 Å². The highest BCUT2D eigenvalue weighted by molar-refractivity contribution is 8.13. The van der Waals surface area contributed by atoms with Crippen LogP contribution in [-0.2, 0) is 13.8 Å². The minimum Gasteiger partial charge on any atom is -0.379 e. The molecule has 1 atom stereocenters. The zero-order chi connectivity index (χ0) is 15.2. The Bertz CT molecular complexity index is 662. The van der Waals surface area contributed by atoms with Gasteiger partial charge in [-0.2, -0.15) is 5.10 Å². The van der Waals surface area contributed by atoms with Crippen LogP contribution in [0.5, 0.6) is 0 Å². The van der Waals surface area contributed by atoms with Gasteiger partial charge in [-0.3, -0.25) is 9.89 Å². The van der Waals surface area contributed by atoms with Crippen molar-refractivity contribution >= 4 is 25.6 Å². The molecule has 0 bridgehead atoms. The van der Waals surface area contributed by atoms with Gasteiger partial charge in [0.05, 0.1) is 18.3 Å². The molecule has 1 unspecified atom stereocenters. The average Bonchev–Trinajstić information content (AvgIpc) is 2.94. The third-order valence-corrected chi connectivity index (χ3v) is 5.32. The summed E-state index contributed by atoms with van der Waals surface area (Å²) in [5.74, 6) is -0.351. The number of ether oxygens (including phenoxy) is 1. The quantitative estimate of drug-likeness (QED) is 0.832. The summed E-state index contributed by atoms with van der Waals surface area (Å²) < 4.78 is 28.9. The predicted molar refractivity (Wildman–Crippen MR) is 74.9 cm³/mol. The lowest BCUT2D eigenvalue weighted by molar-refractivity contribution is 0.0701. The summed E-state index contributed by atoms with van der Waals surface area (Å²) in [6, 6.07) is -0.0653. The van der Waals surface area contributed by atoms with Gasteiger partial charge in [-0.1, -0.05) is 0 Å². The van der Waals surface area contributed by atoms with E-state index in [-0.39, 0.29) is 22.5 Å². The largest absolute Gasteiger partial charge is 0.379 e. The summed E-state index contributed by atoms with van der Waals surface area (Å²) in [4.78, 5) is 13.8. The second-order valence-electron chi connectivity index (χ2n) is 5.46. The highest BCUT2D eigenvalue weighted by Gasteiger charge is 2.38. The third kappa shape index (κ3) is 2.79. The van der Waals surface area contributed by atoms with Crippen molar-refractivity contribution in [2.75, 3.05) is 20.3 Å². The normalized spacial score (nSPS) is 22.5. The van der Waals surface area contributed by atoms with E-state index in [0.29, 0.717) is 18.9 Å². The molecule has 2 fully saturated rings. The molecule has 1 amide bonds. The predicted octanol–water partition coefficient (Wildman–Crippen LogP) is 1.08. The molecule has 116 valence electrons. The molecule has 9 heteroatoms. The highest BCUT2D eigenvalue weighted by atomic mass is 35.7. The van der Waals surface area contributed by atoms with Crippen molar-refractivity contribution in [2.45, 2.75) is 36.1 Å². The van der Waals surface area contributed by atoms with Crippen molar-refractivity contribution < 1.29 is 17.9 Å². The molecule has 1 aliphatic heterocycles. The van der Waals surface area contributed by atoms with Crippen molar-refractivity contribution in [2.24, 2.45) is 0 Å². The summed E-state index contributed by atoms with van der Waals surface area (Å²) in [6.07, 6.45) is 2.48. The SMILES string of the molecule is CN(C(=O)c1n[nH]c(C2CC2)c1S(=O)(=O)Cl)C1CCOC1. The summed E-state index contributed by atoms with van der Waals surface area (Å²) in [6.45, 7) is 1.04. The number of nitrogens with one attached hydrogen (secondary N) is 1. The first-order chi connectivity index (χ1) is 9.89. The molecule has 1 saturated carbocycles. The smallest absolute Gasteiger partial charge is 0.275 e. The van der Waals surface area contributed by atoms with Crippen LogP contribution < -0.4 is 0 Å². The van der Waals surface area contributed by atoms with Gasteiger partial charge in [0.15, 0.2) is 5.69 Å². The van der Waals surface area contributed by atoms with Crippen molar-refractivity contribution in [3.8, 4) is 0 Å². The second kappa shape index (κ2) is 5.26. The van der Waals surface area contributed by atoms with Gasteiger partial charge in [0.2, 0.25) is 0 Å². The third-order valence-electron chi connectivity index (χ3n) is 3.95. The lowest BCUT2D eigenvalue weighted by Gasteiger charge is -2.22. The summed E-state index contributed by atoms with van der Waals surface area (Å²) in [7, 11) is 3.10. The van der Waals surface area contributed by atoms with E-state index in [1.54, 1.807) is 7.05 Å². The standard InChI is InChI=1S/C12H16ClN3O4S/c1-16(8-4-5-20-6-8)12(17)10-11(21(13,18)19)9(14-15-10)7-2-3-7/h7-8H,2-6H2,1H3,(H,14,15). The van der Waals surface area contributed by atoms with E-state index in [1.165, 1.54) is 4.90 Å². The fourth-order valence-corrected chi connectivity index (χ4v) is 3.85. The Labute approximate surface area is 127 Å². The summed E-state index contributed by atoms with van der Waals surface area (Å²) >= 11 is 0. The van der Waals surface area contributed by atoms with Crippen LogP contribution in [0, 0.1) is 0 Å². The fraction of sp³-hybridized carbons (Fsp3) is 0.667. The van der Waals surface area contributed by atoms with Crippen LogP contribution >= 0.6 is 10.7 Å². The van der Waals surface area contributed by atoms with Crippen LogP contribution in [0.4, 0.5) is 0 Å². The van der Waals surface area contributed by atoms with Crippen molar-refractivity contribution in [3.05, 3.63) is 11.4 Å². The minimum atomic E-state index is -4.03. The maximum absolute atomic E-state index is 12.5. The van der Waals surface area contributed by atoms with E-state index in [2.05, 4.69) is 10.2 Å². The molecule has 2 aliphatic rings. The Morgan fingerprint density at radius 2 is 2.14 bits per heavy atom. The molecule has 1 aromatic heterocycles. The molecule has 1 aliphatic carbocycles. The topological polar surface area (TPSA) is 92.4 Å². The van der Waals surface area contributed by atoms with Crippen molar-refractivity contribution in [1.82, 2.24) is 15.1 Å². The lowest BCUT2D eigenvalue weighted by atomic mass is 10.2. The Morgan fingerprint density at radius 3 is 2.67 bits per heavy atom. The number of hydrogen-bond donors (Lipinski definition) is 1. The Hall–Kier alpha value is -1.12. The van der Waals surface area contributed by atoms with E-state index in [0.717, 1.165) is 19.3 Å². The minimum absolute atomic E-state index is 0.0653. The molecule has 2 heterocycles. The maximum atomic E-state index is 12.5. The molecule has 3 rings (SSSR count). The van der Waals surface area contributed by atoms with E-state index in [1.807, 2.05) is 0 Å². The van der Waals surface area contributed by atoms with Crippen LogP contribution in [0.2, 0.25) is 0 Å². The van der Waals surface area contributed by atoms with Gasteiger partial charge in [0.25, 0.3) is 15.0 Å². The zero-order valence-corrected chi connectivity index (χ0v) is 13.1. The zero-order valence-electron chi connectivity index (χ0n) is 11.5. The van der Waals surface area contributed by atoms with Crippen LogP contribution in [-0.4, -0.2) is 55.7 Å². The first-order valence-electron chi connectivity index (χ1n) is 6.77. The van der Waals surface area contributed by atoms with Crippen LogP contribution in [0.3, 0.4) is 0 Å². The number of H-pyrrole nitrogens is 1. The number of amides is 1. The number of aromatic amines is 1. The summed E-state index contributed by atoms with van der Waals surface area (Å²) in [5.41, 5.74) is 0.325. The number of hydrogen-bond acceptors (Lipinski definition) is 5. The van der Waals surface area contributed by atoms with Gasteiger partial charge < -0.3 is 9.64 Å². The van der Waals surface area contributed by atoms with Gasteiger partial charge in [-0.25, -0.2) is 8.42 Å². The number of aromatic nitrogens is 2. The second-order valence-corrected chi connectivity index (χ2v) is 7.96. The Morgan fingerprint density at radius 1 is 1.43 bits per heavy atom. The molecule has 1 saturated heterocycles. The van der Waals surface area contributed by atoms with Gasteiger partial charge >= 0.3 is 0 Å². The highest BCUT2D eigenvalue weighted by Crippen LogP contribution is 2.43. The first-order valence-corrected chi connectivity index (χ1v) is 9.08. The molecule has 0 spiro atoms. The van der Waals surface area contributed by atoms with E-state index >= 15 is 0 Å². The van der Waals surface area contributed by atoms with Gasteiger partial charge in [-0.05, 0) is 19.3 Å². The van der Waals surface area contributed by atoms with Gasteiger partial charge in [-0.15, -0.1) is 0 Å². The van der Waals surface area contributed by atoms with Crippen molar-refractivity contribution in [1.29, 1.82) is 0 Å². The Balaban J connectivity index is 1.96. The molecule has 1 aromatic rings. The molecule has 7 nitrogen and oxygen atoms in total. The number of carbonyl (C=O) groups is 1. The molecule has 1 N–H and O–H groups in total. The van der Waals surface area contributed by atoms with Crippen molar-refractivity contribution in [3.63, 3.8) is 0 Å². The van der Waals surface area contributed by atoms with Gasteiger partial charge in [0.1, 0.15) is 4.90 Å². The first kappa shape index (κ1) is 14.8. The molecule has 21 heavy (non-hydrogen) atoms. The van der Waals surface area contributed by atoms with Crippen LogP contribution in [0.25, 0.3) is 0 Å². The monoisotopic (exact) mass is 333 g/mol. The Kier molecular flexibility index (Phi) is 3.71. The maximum Gasteiger partial charge on any atom is 0.275 e. The van der Waals surface area contributed by atoms with Gasteiger partial charge in [0, 0.05) is 30.3 Å². The number of nitrogens with zero attached hydrogens (tertiary/aromatic N) is 2. The average molecular weight is 334 g/mol. The van der Waals surface area contributed by atoms with Crippen LogP contribution in [0.1, 0.15) is 41.4 Å². The molecular formula is C12H16ClN3O4S. The number of rotatable bonds is 4. The fourth-order valence-electron chi connectivity index (χ4n) is 2.55. The number of halogens is 1. The molecular weight excluding hydrogens is 318 g/mol. The number of likely N-dealkylation sites (N-methyl/N-ethyl adjacent to an activating group) is 1. The number of carbonyl (C=O) groups excluding carboxylic acids is 1.